The smallest absolute Gasteiger partial charge is 0.262 e. The van der Waals surface area contributed by atoms with E-state index in [4.69, 9.17) is 21.3 Å². The van der Waals surface area contributed by atoms with E-state index >= 15 is 0 Å². The predicted octanol–water partition coefficient (Wildman–Crippen LogP) is 5.01. The molecular weight excluding hydrogens is 446 g/mol. The molecule has 0 radical (unpaired) electrons. The molecule has 3 aromatic rings. The summed E-state index contributed by atoms with van der Waals surface area (Å²) < 4.78 is 7.26. The normalized spacial score (nSPS) is 12.3. The summed E-state index contributed by atoms with van der Waals surface area (Å²) in [5.74, 6) is -0.0728. The Kier molecular flexibility index (Phi) is 8.34. The van der Waals surface area contributed by atoms with Crippen molar-refractivity contribution in [3.8, 4) is 0 Å². The van der Waals surface area contributed by atoms with Crippen LogP contribution in [0.3, 0.4) is 0 Å². The molecule has 170 valence electrons. The number of ether oxygens (including phenoxy) is 1. The molecule has 0 N–H and O–H groups in total. The van der Waals surface area contributed by atoms with Gasteiger partial charge in [-0.3, -0.25) is 14.2 Å². The van der Waals surface area contributed by atoms with E-state index in [-0.39, 0.29) is 17.6 Å². The SMILES string of the molecule is CC(C)OCCCn1c(S[C@H](C)C(=O)N(C)c2ccccc2)nc2cc(Cl)ccc2c1=O. The van der Waals surface area contributed by atoms with E-state index in [2.05, 4.69) is 0 Å². The van der Waals surface area contributed by atoms with Crippen LogP contribution < -0.4 is 10.5 Å². The van der Waals surface area contributed by atoms with Crippen molar-refractivity contribution in [2.75, 3.05) is 18.6 Å². The van der Waals surface area contributed by atoms with Crippen LogP contribution in [0.1, 0.15) is 27.2 Å². The van der Waals surface area contributed by atoms with Crippen molar-refractivity contribution in [1.29, 1.82) is 0 Å². The Morgan fingerprint density at radius 2 is 1.91 bits per heavy atom. The van der Waals surface area contributed by atoms with E-state index < -0.39 is 5.25 Å². The first-order chi connectivity index (χ1) is 15.3. The highest BCUT2D eigenvalue weighted by atomic mass is 35.5. The summed E-state index contributed by atoms with van der Waals surface area (Å²) in [6.45, 7) is 6.77. The van der Waals surface area contributed by atoms with Gasteiger partial charge in [0.05, 0.1) is 22.3 Å². The van der Waals surface area contributed by atoms with Gasteiger partial charge in [-0.15, -0.1) is 0 Å². The summed E-state index contributed by atoms with van der Waals surface area (Å²) in [6.07, 6.45) is 0.794. The minimum absolute atomic E-state index is 0.0728. The molecule has 0 saturated heterocycles. The zero-order valence-electron chi connectivity index (χ0n) is 18.7. The molecule has 2 aromatic carbocycles. The lowest BCUT2D eigenvalue weighted by Crippen LogP contribution is -2.34. The number of amides is 1. The summed E-state index contributed by atoms with van der Waals surface area (Å²) in [7, 11) is 1.75. The number of hydrogen-bond acceptors (Lipinski definition) is 5. The Morgan fingerprint density at radius 3 is 2.59 bits per heavy atom. The first-order valence-electron chi connectivity index (χ1n) is 10.6. The van der Waals surface area contributed by atoms with Crippen LogP contribution in [0.5, 0.6) is 0 Å². The van der Waals surface area contributed by atoms with Gasteiger partial charge >= 0.3 is 0 Å². The number of halogens is 1. The van der Waals surface area contributed by atoms with E-state index in [1.54, 1.807) is 34.7 Å². The van der Waals surface area contributed by atoms with E-state index in [0.717, 1.165) is 5.69 Å². The maximum absolute atomic E-state index is 13.2. The van der Waals surface area contributed by atoms with Crippen LogP contribution in [0, 0.1) is 0 Å². The fraction of sp³-hybridized carbons (Fsp3) is 0.375. The summed E-state index contributed by atoms with van der Waals surface area (Å²) in [5.41, 5.74) is 1.19. The number of carbonyl (C=O) groups is 1. The van der Waals surface area contributed by atoms with Gasteiger partial charge < -0.3 is 9.64 Å². The second kappa shape index (κ2) is 11.0. The monoisotopic (exact) mass is 473 g/mol. The lowest BCUT2D eigenvalue weighted by molar-refractivity contribution is -0.117. The Bertz CT molecular complexity index is 1130. The van der Waals surface area contributed by atoms with E-state index in [1.165, 1.54) is 11.8 Å². The molecule has 0 bridgehead atoms. The first kappa shape index (κ1) is 24.3. The van der Waals surface area contributed by atoms with Gasteiger partial charge in [0.25, 0.3) is 5.56 Å². The Morgan fingerprint density at radius 1 is 1.19 bits per heavy atom. The van der Waals surface area contributed by atoms with Crippen LogP contribution in [0.2, 0.25) is 5.02 Å². The van der Waals surface area contributed by atoms with Crippen molar-refractivity contribution in [1.82, 2.24) is 9.55 Å². The molecule has 1 amide bonds. The number of aromatic nitrogens is 2. The van der Waals surface area contributed by atoms with Gasteiger partial charge in [0.2, 0.25) is 5.91 Å². The molecule has 32 heavy (non-hydrogen) atoms. The number of fused-ring (bicyclic) bond motifs is 1. The van der Waals surface area contributed by atoms with Gasteiger partial charge in [0, 0.05) is 30.9 Å². The van der Waals surface area contributed by atoms with Crippen LogP contribution in [0.25, 0.3) is 10.9 Å². The van der Waals surface area contributed by atoms with Crippen molar-refractivity contribution in [3.05, 3.63) is 63.9 Å². The van der Waals surface area contributed by atoms with Crippen LogP contribution in [0.4, 0.5) is 5.69 Å². The van der Waals surface area contributed by atoms with Gasteiger partial charge in [0.15, 0.2) is 5.16 Å². The molecule has 1 aromatic heterocycles. The summed E-state index contributed by atoms with van der Waals surface area (Å²) >= 11 is 7.41. The van der Waals surface area contributed by atoms with Crippen LogP contribution in [-0.2, 0) is 16.1 Å². The summed E-state index contributed by atoms with van der Waals surface area (Å²) in [5, 5.41) is 1.07. The fourth-order valence-corrected chi connectivity index (χ4v) is 4.46. The maximum atomic E-state index is 13.2. The number of anilines is 1. The largest absolute Gasteiger partial charge is 0.379 e. The number of nitrogens with zero attached hydrogens (tertiary/aromatic N) is 3. The van der Waals surface area contributed by atoms with Gasteiger partial charge in [-0.2, -0.15) is 0 Å². The number of carbonyl (C=O) groups excluding carboxylic acids is 1. The highest BCUT2D eigenvalue weighted by molar-refractivity contribution is 8.00. The third kappa shape index (κ3) is 5.91. The zero-order chi connectivity index (χ0) is 23.3. The molecular formula is C24H28ClN3O3S. The minimum Gasteiger partial charge on any atom is -0.379 e. The van der Waals surface area contributed by atoms with Crippen molar-refractivity contribution in [2.24, 2.45) is 0 Å². The fourth-order valence-electron chi connectivity index (χ4n) is 3.26. The van der Waals surface area contributed by atoms with Crippen molar-refractivity contribution in [2.45, 2.75) is 50.2 Å². The molecule has 0 fully saturated rings. The standard InChI is InChI=1S/C24H28ClN3O3S/c1-16(2)31-14-8-13-28-23(30)20-12-11-18(25)15-21(20)26-24(28)32-17(3)22(29)27(4)19-9-6-5-7-10-19/h5-7,9-12,15-17H,8,13-14H2,1-4H3/t17-/m1/s1. The van der Waals surface area contributed by atoms with Crippen LogP contribution >= 0.6 is 23.4 Å². The molecule has 0 unspecified atom stereocenters. The quantitative estimate of drug-likeness (QED) is 0.248. The molecule has 0 aliphatic rings. The number of thioether (sulfide) groups is 1. The molecule has 0 spiro atoms. The van der Waals surface area contributed by atoms with Crippen molar-refractivity contribution in [3.63, 3.8) is 0 Å². The predicted molar refractivity (Wildman–Crippen MR) is 132 cm³/mol. The molecule has 6 nitrogen and oxygen atoms in total. The second-order valence-electron chi connectivity index (χ2n) is 7.78. The highest BCUT2D eigenvalue weighted by Gasteiger charge is 2.23. The van der Waals surface area contributed by atoms with Gasteiger partial charge in [-0.25, -0.2) is 4.98 Å². The maximum Gasteiger partial charge on any atom is 0.262 e. The number of rotatable bonds is 9. The Hall–Kier alpha value is -2.35. The molecule has 3 rings (SSSR count). The molecule has 0 saturated carbocycles. The van der Waals surface area contributed by atoms with Crippen LogP contribution in [0.15, 0.2) is 58.5 Å². The average molecular weight is 474 g/mol. The molecule has 0 aliphatic heterocycles. The topological polar surface area (TPSA) is 64.4 Å². The van der Waals surface area contributed by atoms with Gasteiger partial charge in [-0.1, -0.05) is 41.6 Å². The van der Waals surface area contributed by atoms with E-state index in [1.807, 2.05) is 51.1 Å². The van der Waals surface area contributed by atoms with E-state index in [9.17, 15) is 9.59 Å². The lowest BCUT2D eigenvalue weighted by atomic mass is 10.2. The van der Waals surface area contributed by atoms with Crippen molar-refractivity contribution >= 4 is 45.9 Å². The van der Waals surface area contributed by atoms with Crippen molar-refractivity contribution < 1.29 is 9.53 Å². The lowest BCUT2D eigenvalue weighted by Gasteiger charge is -2.22. The summed E-state index contributed by atoms with van der Waals surface area (Å²) in [4.78, 5) is 32.6. The molecule has 0 aliphatic carbocycles. The second-order valence-corrected chi connectivity index (χ2v) is 9.52. The number of hydrogen-bond donors (Lipinski definition) is 0. The van der Waals surface area contributed by atoms with E-state index in [0.29, 0.717) is 40.7 Å². The highest BCUT2D eigenvalue weighted by Crippen LogP contribution is 2.26. The third-order valence-corrected chi connectivity index (χ3v) is 6.28. The molecule has 8 heteroatoms. The van der Waals surface area contributed by atoms with Gasteiger partial charge in [-0.05, 0) is 57.5 Å². The average Bonchev–Trinajstić information content (AvgIpc) is 2.77. The van der Waals surface area contributed by atoms with Gasteiger partial charge in [0.1, 0.15) is 0 Å². The molecule has 1 atom stereocenters. The number of para-hydroxylation sites is 1. The Labute approximate surface area is 197 Å². The number of benzene rings is 2. The Balaban J connectivity index is 1.89. The molecule has 1 heterocycles. The first-order valence-corrected chi connectivity index (χ1v) is 11.8. The minimum atomic E-state index is -0.443. The zero-order valence-corrected chi connectivity index (χ0v) is 20.3. The third-order valence-electron chi connectivity index (χ3n) is 4.96. The summed E-state index contributed by atoms with van der Waals surface area (Å²) in [6, 6.07) is 14.5. The van der Waals surface area contributed by atoms with Crippen LogP contribution in [-0.4, -0.2) is 40.5 Å².